The molecule has 1 aromatic heterocycles. The molecular weight excluding hydrogens is 256 g/mol. The molecule has 6 nitrogen and oxygen atoms in total. The number of primary amides is 1. The molecule has 1 aromatic carbocycles. The molecule has 3 N–H and O–H groups in total. The lowest BCUT2D eigenvalue weighted by Gasteiger charge is -2.17. The highest BCUT2D eigenvalue weighted by atomic mass is 16.2. The Labute approximate surface area is 115 Å². The summed E-state index contributed by atoms with van der Waals surface area (Å²) in [6, 6.07) is 9.41. The molecule has 1 unspecified atom stereocenters. The maximum Gasteiger partial charge on any atom is 0.227 e. The van der Waals surface area contributed by atoms with Gasteiger partial charge in [0.25, 0.3) is 0 Å². The third-order valence-electron chi connectivity index (χ3n) is 3.50. The van der Waals surface area contributed by atoms with Crippen molar-refractivity contribution in [3.05, 3.63) is 36.5 Å². The van der Waals surface area contributed by atoms with Crippen LogP contribution in [0.3, 0.4) is 0 Å². The molecule has 1 aliphatic rings. The van der Waals surface area contributed by atoms with Crippen molar-refractivity contribution in [3.63, 3.8) is 0 Å². The van der Waals surface area contributed by atoms with Gasteiger partial charge in [0.2, 0.25) is 11.8 Å². The van der Waals surface area contributed by atoms with Crippen LogP contribution in [0.1, 0.15) is 6.42 Å². The van der Waals surface area contributed by atoms with Gasteiger partial charge >= 0.3 is 0 Å². The number of benzene rings is 1. The van der Waals surface area contributed by atoms with Crippen molar-refractivity contribution in [1.82, 2.24) is 10.2 Å². The average molecular weight is 270 g/mol. The van der Waals surface area contributed by atoms with Gasteiger partial charge in [-0.2, -0.15) is 5.10 Å². The van der Waals surface area contributed by atoms with Crippen LogP contribution in [0.25, 0.3) is 11.3 Å². The SMILES string of the molecule is NC(=O)C1CC(=O)N(c2cccc(-c3ccn[nH]3)c2)C1. The Morgan fingerprint density at radius 1 is 1.40 bits per heavy atom. The third kappa shape index (κ3) is 2.16. The van der Waals surface area contributed by atoms with Gasteiger partial charge in [-0.05, 0) is 18.2 Å². The summed E-state index contributed by atoms with van der Waals surface area (Å²) < 4.78 is 0. The average Bonchev–Trinajstić information content (AvgIpc) is 3.08. The van der Waals surface area contributed by atoms with Crippen LogP contribution in [-0.4, -0.2) is 28.6 Å². The molecule has 1 aliphatic heterocycles. The second-order valence-electron chi connectivity index (χ2n) is 4.83. The number of nitrogens with one attached hydrogen (secondary N) is 1. The van der Waals surface area contributed by atoms with Gasteiger partial charge in [-0.15, -0.1) is 0 Å². The minimum absolute atomic E-state index is 0.0736. The summed E-state index contributed by atoms with van der Waals surface area (Å²) >= 11 is 0. The van der Waals surface area contributed by atoms with Crippen molar-refractivity contribution < 1.29 is 9.59 Å². The number of anilines is 1. The lowest BCUT2D eigenvalue weighted by molar-refractivity contribution is -0.123. The molecule has 0 radical (unpaired) electrons. The van der Waals surface area contributed by atoms with E-state index in [1.54, 1.807) is 11.1 Å². The molecule has 0 spiro atoms. The fraction of sp³-hybridized carbons (Fsp3) is 0.214. The molecule has 0 aliphatic carbocycles. The molecule has 6 heteroatoms. The van der Waals surface area contributed by atoms with Gasteiger partial charge in [-0.25, -0.2) is 0 Å². The number of hydrogen-bond acceptors (Lipinski definition) is 3. The Balaban J connectivity index is 1.90. The number of carbonyl (C=O) groups is 2. The van der Waals surface area contributed by atoms with Crippen LogP contribution in [0.2, 0.25) is 0 Å². The molecule has 1 atom stereocenters. The van der Waals surface area contributed by atoms with Crippen molar-refractivity contribution >= 4 is 17.5 Å². The molecule has 102 valence electrons. The Morgan fingerprint density at radius 3 is 2.90 bits per heavy atom. The summed E-state index contributed by atoms with van der Waals surface area (Å²) in [7, 11) is 0. The Kier molecular flexibility index (Phi) is 2.98. The van der Waals surface area contributed by atoms with Crippen molar-refractivity contribution in [2.24, 2.45) is 11.7 Å². The van der Waals surface area contributed by atoms with E-state index in [1.807, 2.05) is 30.3 Å². The first-order valence-electron chi connectivity index (χ1n) is 6.34. The maximum atomic E-state index is 12.0. The highest BCUT2D eigenvalue weighted by molar-refractivity contribution is 6.00. The smallest absolute Gasteiger partial charge is 0.227 e. The fourth-order valence-electron chi connectivity index (χ4n) is 2.41. The van der Waals surface area contributed by atoms with Crippen LogP contribution >= 0.6 is 0 Å². The van der Waals surface area contributed by atoms with E-state index in [1.165, 1.54) is 0 Å². The van der Waals surface area contributed by atoms with E-state index >= 15 is 0 Å². The van der Waals surface area contributed by atoms with E-state index in [-0.39, 0.29) is 12.3 Å². The normalized spacial score (nSPS) is 18.5. The molecular formula is C14H14N4O2. The van der Waals surface area contributed by atoms with E-state index in [0.717, 1.165) is 16.9 Å². The second kappa shape index (κ2) is 4.80. The Morgan fingerprint density at radius 2 is 2.25 bits per heavy atom. The Bertz CT molecular complexity index is 651. The third-order valence-corrected chi connectivity index (χ3v) is 3.50. The Hall–Kier alpha value is -2.63. The van der Waals surface area contributed by atoms with E-state index in [0.29, 0.717) is 6.54 Å². The van der Waals surface area contributed by atoms with Gasteiger partial charge in [0.1, 0.15) is 0 Å². The fourth-order valence-corrected chi connectivity index (χ4v) is 2.41. The summed E-state index contributed by atoms with van der Waals surface area (Å²) in [4.78, 5) is 24.8. The zero-order valence-electron chi connectivity index (χ0n) is 10.7. The van der Waals surface area contributed by atoms with Crippen molar-refractivity contribution in [2.45, 2.75) is 6.42 Å². The zero-order chi connectivity index (χ0) is 14.1. The number of nitrogens with two attached hydrogens (primary N) is 1. The monoisotopic (exact) mass is 270 g/mol. The largest absolute Gasteiger partial charge is 0.369 e. The highest BCUT2D eigenvalue weighted by Crippen LogP contribution is 2.28. The lowest BCUT2D eigenvalue weighted by Crippen LogP contribution is -2.28. The predicted octanol–water partition coefficient (Wildman–Crippen LogP) is 0.915. The summed E-state index contributed by atoms with van der Waals surface area (Å²) in [6.45, 7) is 0.348. The summed E-state index contributed by atoms with van der Waals surface area (Å²) in [5, 5.41) is 6.79. The minimum atomic E-state index is -0.425. The molecule has 3 rings (SSSR count). The van der Waals surface area contributed by atoms with Gasteiger partial charge in [0, 0.05) is 30.4 Å². The number of H-pyrrole nitrogens is 1. The molecule has 1 fully saturated rings. The standard InChI is InChI=1S/C14H14N4O2/c15-14(20)10-7-13(19)18(8-10)11-3-1-2-9(6-11)12-4-5-16-17-12/h1-6,10H,7-8H2,(H2,15,20)(H,16,17). The molecule has 2 amide bonds. The first-order chi connectivity index (χ1) is 9.65. The van der Waals surface area contributed by atoms with E-state index in [4.69, 9.17) is 5.73 Å². The van der Waals surface area contributed by atoms with Crippen LogP contribution in [-0.2, 0) is 9.59 Å². The van der Waals surface area contributed by atoms with Crippen molar-refractivity contribution in [3.8, 4) is 11.3 Å². The van der Waals surface area contributed by atoms with Crippen molar-refractivity contribution in [1.29, 1.82) is 0 Å². The summed E-state index contributed by atoms with van der Waals surface area (Å²) in [5.74, 6) is -0.903. The molecule has 1 saturated heterocycles. The van der Waals surface area contributed by atoms with Crippen LogP contribution in [0.15, 0.2) is 36.5 Å². The summed E-state index contributed by atoms with van der Waals surface area (Å²) in [6.07, 6.45) is 1.86. The van der Waals surface area contributed by atoms with Gasteiger partial charge in [-0.3, -0.25) is 14.7 Å². The van der Waals surface area contributed by atoms with Crippen molar-refractivity contribution in [2.75, 3.05) is 11.4 Å². The number of rotatable bonds is 3. The van der Waals surface area contributed by atoms with Gasteiger partial charge in [-0.1, -0.05) is 12.1 Å². The zero-order valence-corrected chi connectivity index (χ0v) is 10.7. The van der Waals surface area contributed by atoms with Crippen LogP contribution in [0.5, 0.6) is 0 Å². The first kappa shape index (κ1) is 12.4. The molecule has 0 bridgehead atoms. The van der Waals surface area contributed by atoms with E-state index in [2.05, 4.69) is 10.2 Å². The van der Waals surface area contributed by atoms with Crippen LogP contribution < -0.4 is 10.6 Å². The van der Waals surface area contributed by atoms with Crippen LogP contribution in [0, 0.1) is 5.92 Å². The van der Waals surface area contributed by atoms with E-state index in [9.17, 15) is 9.59 Å². The number of aromatic amines is 1. The van der Waals surface area contributed by atoms with Crippen LogP contribution in [0.4, 0.5) is 5.69 Å². The maximum absolute atomic E-state index is 12.0. The van der Waals surface area contributed by atoms with Gasteiger partial charge in [0.05, 0.1) is 11.6 Å². The quantitative estimate of drug-likeness (QED) is 0.868. The molecule has 0 saturated carbocycles. The minimum Gasteiger partial charge on any atom is -0.369 e. The number of carbonyl (C=O) groups excluding carboxylic acids is 2. The van der Waals surface area contributed by atoms with E-state index < -0.39 is 11.8 Å². The number of aromatic nitrogens is 2. The lowest BCUT2D eigenvalue weighted by atomic mass is 10.1. The topological polar surface area (TPSA) is 92.1 Å². The summed E-state index contributed by atoms with van der Waals surface area (Å²) in [5.41, 5.74) is 7.87. The predicted molar refractivity (Wildman–Crippen MR) is 73.7 cm³/mol. The number of hydrogen-bond donors (Lipinski definition) is 2. The molecule has 2 heterocycles. The number of nitrogens with zero attached hydrogens (tertiary/aromatic N) is 2. The molecule has 20 heavy (non-hydrogen) atoms. The highest BCUT2D eigenvalue weighted by Gasteiger charge is 2.33. The van der Waals surface area contributed by atoms with Gasteiger partial charge < -0.3 is 10.6 Å². The number of amides is 2. The molecule has 2 aromatic rings. The second-order valence-corrected chi connectivity index (χ2v) is 4.83. The first-order valence-corrected chi connectivity index (χ1v) is 6.34. The van der Waals surface area contributed by atoms with Gasteiger partial charge in [0.15, 0.2) is 0 Å².